The predicted octanol–water partition coefficient (Wildman–Crippen LogP) is 1.62. The van der Waals surface area contributed by atoms with Gasteiger partial charge in [0.15, 0.2) is 0 Å². The zero-order valence-electron chi connectivity index (χ0n) is 7.18. The number of halogens is 1. The van der Waals surface area contributed by atoms with E-state index in [-0.39, 0.29) is 0 Å². The van der Waals surface area contributed by atoms with Crippen molar-refractivity contribution in [3.63, 3.8) is 0 Å². The number of anilines is 1. The molecule has 13 heavy (non-hydrogen) atoms. The Morgan fingerprint density at radius 2 is 2.15 bits per heavy atom. The molecule has 0 atom stereocenters. The summed E-state index contributed by atoms with van der Waals surface area (Å²) in [6.45, 7) is 0.563. The van der Waals surface area contributed by atoms with Gasteiger partial charge in [0, 0.05) is 29.2 Å². The maximum Gasteiger partial charge on any atom is 0.0489 e. The summed E-state index contributed by atoms with van der Waals surface area (Å²) in [7, 11) is 0. The molecule has 68 valence electrons. The third-order valence-electron chi connectivity index (χ3n) is 1.51. The van der Waals surface area contributed by atoms with Crippen LogP contribution in [0.1, 0.15) is 12.0 Å². The van der Waals surface area contributed by atoms with Gasteiger partial charge in [0.1, 0.15) is 0 Å². The molecule has 1 rings (SSSR count). The maximum atomic E-state index is 5.78. The van der Waals surface area contributed by atoms with Gasteiger partial charge in [-0.1, -0.05) is 23.4 Å². The van der Waals surface area contributed by atoms with Gasteiger partial charge < -0.3 is 11.5 Å². The van der Waals surface area contributed by atoms with Gasteiger partial charge in [-0.15, -0.1) is 0 Å². The Labute approximate surface area is 82.9 Å². The summed E-state index contributed by atoms with van der Waals surface area (Å²) in [5.74, 6) is 5.82. The van der Waals surface area contributed by atoms with Crippen molar-refractivity contribution in [1.29, 1.82) is 0 Å². The first-order valence-corrected chi connectivity index (χ1v) is 4.36. The zero-order chi connectivity index (χ0) is 9.68. The topological polar surface area (TPSA) is 52.0 Å². The molecule has 0 saturated carbocycles. The van der Waals surface area contributed by atoms with Crippen molar-refractivity contribution in [2.75, 3.05) is 12.3 Å². The molecule has 0 amide bonds. The highest BCUT2D eigenvalue weighted by molar-refractivity contribution is 6.30. The van der Waals surface area contributed by atoms with Crippen LogP contribution in [0.2, 0.25) is 5.02 Å². The van der Waals surface area contributed by atoms with Crippen molar-refractivity contribution >= 4 is 17.3 Å². The smallest absolute Gasteiger partial charge is 0.0489 e. The predicted molar refractivity (Wildman–Crippen MR) is 56.4 cm³/mol. The Bertz CT molecular complexity index is 350. The van der Waals surface area contributed by atoms with Gasteiger partial charge in [-0.05, 0) is 18.2 Å². The summed E-state index contributed by atoms with van der Waals surface area (Å²) in [5, 5.41) is 0.645. The minimum atomic E-state index is 0.563. The highest BCUT2D eigenvalue weighted by Crippen LogP contribution is 2.16. The average molecular weight is 195 g/mol. The molecule has 3 heteroatoms. The van der Waals surface area contributed by atoms with E-state index in [2.05, 4.69) is 11.8 Å². The molecule has 0 saturated heterocycles. The summed E-state index contributed by atoms with van der Waals surface area (Å²) < 4.78 is 0. The van der Waals surface area contributed by atoms with Crippen LogP contribution in [0.5, 0.6) is 0 Å². The Kier molecular flexibility index (Phi) is 3.63. The molecule has 2 nitrogen and oxygen atoms in total. The van der Waals surface area contributed by atoms with Gasteiger partial charge in [0.2, 0.25) is 0 Å². The average Bonchev–Trinajstić information content (AvgIpc) is 2.11. The van der Waals surface area contributed by atoms with E-state index in [4.69, 9.17) is 23.1 Å². The van der Waals surface area contributed by atoms with E-state index in [1.807, 2.05) is 0 Å². The molecule has 1 aromatic rings. The minimum absolute atomic E-state index is 0.563. The van der Waals surface area contributed by atoms with Gasteiger partial charge >= 0.3 is 0 Å². The van der Waals surface area contributed by atoms with Crippen molar-refractivity contribution in [2.24, 2.45) is 5.73 Å². The van der Waals surface area contributed by atoms with E-state index in [1.165, 1.54) is 0 Å². The molecular formula is C10H11ClN2. The number of benzene rings is 1. The van der Waals surface area contributed by atoms with Crippen LogP contribution >= 0.6 is 11.6 Å². The molecule has 0 heterocycles. The third-order valence-corrected chi connectivity index (χ3v) is 1.74. The van der Waals surface area contributed by atoms with E-state index >= 15 is 0 Å². The first-order valence-electron chi connectivity index (χ1n) is 3.98. The highest BCUT2D eigenvalue weighted by Gasteiger charge is 1.95. The molecule has 4 N–H and O–H groups in total. The number of hydrogen-bond donors (Lipinski definition) is 2. The standard InChI is InChI=1S/C10H11ClN2/c11-9-4-5-10(13)8(7-9)3-1-2-6-12/h4-5,7H,2,6,12-13H2. The molecule has 0 spiro atoms. The lowest BCUT2D eigenvalue weighted by atomic mass is 10.2. The lowest BCUT2D eigenvalue weighted by molar-refractivity contribution is 1.03. The van der Waals surface area contributed by atoms with Gasteiger partial charge in [-0.2, -0.15) is 0 Å². The Morgan fingerprint density at radius 1 is 1.38 bits per heavy atom. The third kappa shape index (κ3) is 2.98. The monoisotopic (exact) mass is 194 g/mol. The van der Waals surface area contributed by atoms with Gasteiger partial charge in [-0.3, -0.25) is 0 Å². The molecule has 0 fully saturated rings. The van der Waals surface area contributed by atoms with E-state index < -0.39 is 0 Å². The first-order chi connectivity index (χ1) is 6.24. The molecule has 0 aromatic heterocycles. The Balaban J connectivity index is 2.89. The summed E-state index contributed by atoms with van der Waals surface area (Å²) in [6.07, 6.45) is 0.673. The van der Waals surface area contributed by atoms with E-state index in [0.29, 0.717) is 23.7 Å². The van der Waals surface area contributed by atoms with Crippen molar-refractivity contribution in [3.8, 4) is 11.8 Å². The van der Waals surface area contributed by atoms with Gasteiger partial charge in [0.25, 0.3) is 0 Å². The van der Waals surface area contributed by atoms with Crippen molar-refractivity contribution < 1.29 is 0 Å². The minimum Gasteiger partial charge on any atom is -0.398 e. The largest absolute Gasteiger partial charge is 0.398 e. The van der Waals surface area contributed by atoms with E-state index in [0.717, 1.165) is 5.56 Å². The normalized spacial score (nSPS) is 9.08. The number of rotatable bonds is 1. The fraction of sp³-hybridized carbons (Fsp3) is 0.200. The quantitative estimate of drug-likeness (QED) is 0.527. The summed E-state index contributed by atoms with van der Waals surface area (Å²) >= 11 is 5.78. The number of hydrogen-bond acceptors (Lipinski definition) is 2. The van der Waals surface area contributed by atoms with Gasteiger partial charge in [-0.25, -0.2) is 0 Å². The number of nitrogen functional groups attached to an aromatic ring is 1. The second-order valence-electron chi connectivity index (χ2n) is 2.57. The molecule has 0 unspecified atom stereocenters. The van der Waals surface area contributed by atoms with Crippen LogP contribution in [0, 0.1) is 11.8 Å². The van der Waals surface area contributed by atoms with Crippen LogP contribution < -0.4 is 11.5 Å². The Hall–Kier alpha value is -1.17. The van der Waals surface area contributed by atoms with Crippen LogP contribution in [0.3, 0.4) is 0 Å². The molecule has 0 aliphatic rings. The lowest BCUT2D eigenvalue weighted by Gasteiger charge is -1.97. The zero-order valence-corrected chi connectivity index (χ0v) is 7.93. The van der Waals surface area contributed by atoms with Crippen molar-refractivity contribution in [2.45, 2.75) is 6.42 Å². The van der Waals surface area contributed by atoms with Crippen LogP contribution in [-0.2, 0) is 0 Å². The summed E-state index contributed by atoms with van der Waals surface area (Å²) in [4.78, 5) is 0. The van der Waals surface area contributed by atoms with Crippen molar-refractivity contribution in [1.82, 2.24) is 0 Å². The lowest BCUT2D eigenvalue weighted by Crippen LogP contribution is -1.95. The van der Waals surface area contributed by atoms with Crippen LogP contribution in [-0.4, -0.2) is 6.54 Å². The summed E-state index contributed by atoms with van der Waals surface area (Å²) in [6, 6.07) is 5.24. The molecule has 1 aromatic carbocycles. The van der Waals surface area contributed by atoms with E-state index in [1.54, 1.807) is 18.2 Å². The molecule has 0 bridgehead atoms. The van der Waals surface area contributed by atoms with E-state index in [9.17, 15) is 0 Å². The van der Waals surface area contributed by atoms with Crippen LogP contribution in [0.4, 0.5) is 5.69 Å². The fourth-order valence-electron chi connectivity index (χ4n) is 0.867. The molecule has 0 aliphatic heterocycles. The first kappa shape index (κ1) is 9.91. The summed E-state index contributed by atoms with van der Waals surface area (Å²) in [5.41, 5.74) is 12.4. The molecule has 0 radical (unpaired) electrons. The highest BCUT2D eigenvalue weighted by atomic mass is 35.5. The number of nitrogens with two attached hydrogens (primary N) is 2. The van der Waals surface area contributed by atoms with Crippen molar-refractivity contribution in [3.05, 3.63) is 28.8 Å². The second-order valence-corrected chi connectivity index (χ2v) is 3.01. The Morgan fingerprint density at radius 3 is 2.85 bits per heavy atom. The maximum absolute atomic E-state index is 5.78. The SMILES string of the molecule is NCCC#Cc1cc(Cl)ccc1N. The van der Waals surface area contributed by atoms with Gasteiger partial charge in [0.05, 0.1) is 0 Å². The second kappa shape index (κ2) is 4.76. The molecule has 0 aliphatic carbocycles. The van der Waals surface area contributed by atoms with Crippen LogP contribution in [0.25, 0.3) is 0 Å². The molecular weight excluding hydrogens is 184 g/mol. The van der Waals surface area contributed by atoms with Crippen LogP contribution in [0.15, 0.2) is 18.2 Å². The fourth-order valence-corrected chi connectivity index (χ4v) is 1.04.